The molecular weight excluding hydrogens is 248 g/mol. The lowest BCUT2D eigenvalue weighted by Crippen LogP contribution is -1.93. The average Bonchev–Trinajstić information content (AvgIpc) is 2.50. The van der Waals surface area contributed by atoms with Crippen LogP contribution >= 0.6 is 0 Å². The van der Waals surface area contributed by atoms with Crippen LogP contribution in [0.5, 0.6) is 0 Å². The van der Waals surface area contributed by atoms with E-state index in [0.29, 0.717) is 0 Å². The second-order valence-corrected chi connectivity index (χ2v) is 4.11. The van der Waals surface area contributed by atoms with Gasteiger partial charge >= 0.3 is 5.97 Å². The van der Waals surface area contributed by atoms with Crippen LogP contribution in [0.3, 0.4) is 0 Å². The second kappa shape index (κ2) is 8.70. The zero-order valence-corrected chi connectivity index (χ0v) is 12.2. The molecule has 0 N–H and O–H groups in total. The molecule has 0 amide bonds. The van der Waals surface area contributed by atoms with Crippen molar-refractivity contribution in [1.82, 2.24) is 0 Å². The molecule has 0 aliphatic rings. The molecule has 0 bridgehead atoms. The SMILES string of the molecule is C\C=C/C=C\C(=C/C)c1ccc(/C=C/C(=O)OC)cc1. The van der Waals surface area contributed by atoms with E-state index in [4.69, 9.17) is 0 Å². The Bertz CT molecular complexity index is 543. The van der Waals surface area contributed by atoms with E-state index in [1.165, 1.54) is 13.2 Å². The summed E-state index contributed by atoms with van der Waals surface area (Å²) in [5.74, 6) is -0.350. The van der Waals surface area contributed by atoms with Gasteiger partial charge in [0.2, 0.25) is 0 Å². The fourth-order valence-corrected chi connectivity index (χ4v) is 1.65. The van der Waals surface area contributed by atoms with Crippen molar-refractivity contribution in [3.8, 4) is 0 Å². The summed E-state index contributed by atoms with van der Waals surface area (Å²) in [5.41, 5.74) is 3.27. The zero-order chi connectivity index (χ0) is 14.8. The van der Waals surface area contributed by atoms with E-state index >= 15 is 0 Å². The van der Waals surface area contributed by atoms with Crippen molar-refractivity contribution in [3.63, 3.8) is 0 Å². The van der Waals surface area contributed by atoms with Crippen molar-refractivity contribution in [2.75, 3.05) is 7.11 Å². The molecule has 2 nitrogen and oxygen atoms in total. The maximum Gasteiger partial charge on any atom is 0.330 e. The van der Waals surface area contributed by atoms with Crippen molar-refractivity contribution in [2.24, 2.45) is 0 Å². The first-order valence-corrected chi connectivity index (χ1v) is 6.53. The third kappa shape index (κ3) is 5.11. The Hall–Kier alpha value is -2.35. The van der Waals surface area contributed by atoms with E-state index in [9.17, 15) is 4.79 Å². The molecule has 0 unspecified atom stereocenters. The predicted molar refractivity (Wildman–Crippen MR) is 85.1 cm³/mol. The van der Waals surface area contributed by atoms with E-state index in [1.807, 2.05) is 56.3 Å². The van der Waals surface area contributed by atoms with Crippen molar-refractivity contribution in [2.45, 2.75) is 13.8 Å². The zero-order valence-electron chi connectivity index (χ0n) is 12.2. The summed E-state index contributed by atoms with van der Waals surface area (Å²) in [6.07, 6.45) is 13.3. The number of allylic oxidation sites excluding steroid dienone is 6. The minimum Gasteiger partial charge on any atom is -0.466 e. The smallest absolute Gasteiger partial charge is 0.330 e. The molecule has 0 saturated heterocycles. The van der Waals surface area contributed by atoms with Crippen LogP contribution < -0.4 is 0 Å². The highest BCUT2D eigenvalue weighted by Gasteiger charge is 1.97. The first kappa shape index (κ1) is 15.7. The Morgan fingerprint density at radius 2 is 1.75 bits per heavy atom. The van der Waals surface area contributed by atoms with Crippen LogP contribution in [-0.4, -0.2) is 13.1 Å². The predicted octanol–water partition coefficient (Wildman–Crippen LogP) is 4.41. The Balaban J connectivity index is 2.84. The maximum absolute atomic E-state index is 11.0. The molecular formula is C18H20O2. The third-order valence-corrected chi connectivity index (χ3v) is 2.75. The lowest BCUT2D eigenvalue weighted by molar-refractivity contribution is -0.134. The molecule has 0 atom stereocenters. The number of rotatable bonds is 5. The molecule has 0 saturated carbocycles. The lowest BCUT2D eigenvalue weighted by Gasteiger charge is -2.02. The van der Waals surface area contributed by atoms with Crippen LogP contribution in [0.25, 0.3) is 11.6 Å². The van der Waals surface area contributed by atoms with Crippen LogP contribution in [0.4, 0.5) is 0 Å². The molecule has 0 heterocycles. The molecule has 0 radical (unpaired) electrons. The number of hydrogen-bond donors (Lipinski definition) is 0. The molecule has 0 spiro atoms. The van der Waals surface area contributed by atoms with Gasteiger partial charge in [-0.1, -0.05) is 54.6 Å². The van der Waals surface area contributed by atoms with Gasteiger partial charge in [0.05, 0.1) is 7.11 Å². The monoisotopic (exact) mass is 268 g/mol. The number of methoxy groups -OCH3 is 1. The molecule has 1 aromatic rings. The van der Waals surface area contributed by atoms with E-state index in [0.717, 1.165) is 16.7 Å². The lowest BCUT2D eigenvalue weighted by atomic mass is 10.0. The highest BCUT2D eigenvalue weighted by molar-refractivity contribution is 5.87. The summed E-state index contributed by atoms with van der Waals surface area (Å²) in [5, 5.41) is 0. The van der Waals surface area contributed by atoms with Crippen molar-refractivity contribution in [3.05, 3.63) is 71.8 Å². The normalized spacial score (nSPS) is 12.7. The molecule has 2 heteroatoms. The molecule has 1 rings (SSSR count). The number of esters is 1. The largest absolute Gasteiger partial charge is 0.466 e. The molecule has 104 valence electrons. The molecule has 0 aliphatic heterocycles. The van der Waals surface area contributed by atoms with E-state index in [-0.39, 0.29) is 5.97 Å². The van der Waals surface area contributed by atoms with Crippen LogP contribution in [0.1, 0.15) is 25.0 Å². The standard InChI is InChI=1S/C18H20O2/c1-4-6-7-8-16(5-2)17-12-9-15(10-13-17)11-14-18(19)20-3/h4-14H,1-3H3/b6-4-,8-7-,14-11+,16-5+. The molecule has 20 heavy (non-hydrogen) atoms. The van der Waals surface area contributed by atoms with Crippen molar-refractivity contribution in [1.29, 1.82) is 0 Å². The summed E-state index contributed by atoms with van der Waals surface area (Å²) >= 11 is 0. The van der Waals surface area contributed by atoms with Crippen LogP contribution in [0.15, 0.2) is 60.7 Å². The van der Waals surface area contributed by atoms with Gasteiger partial charge in [-0.2, -0.15) is 0 Å². The number of carbonyl (C=O) groups is 1. The van der Waals surface area contributed by atoms with Crippen molar-refractivity contribution >= 4 is 17.6 Å². The number of hydrogen-bond acceptors (Lipinski definition) is 2. The summed E-state index contributed by atoms with van der Waals surface area (Å²) in [7, 11) is 1.37. The van der Waals surface area contributed by atoms with E-state index in [2.05, 4.69) is 16.9 Å². The number of ether oxygens (including phenoxy) is 1. The van der Waals surface area contributed by atoms with Crippen molar-refractivity contribution < 1.29 is 9.53 Å². The summed E-state index contributed by atoms with van der Waals surface area (Å²) < 4.78 is 4.56. The third-order valence-electron chi connectivity index (χ3n) is 2.75. The van der Waals surface area contributed by atoms with E-state index < -0.39 is 0 Å². The number of benzene rings is 1. The Morgan fingerprint density at radius 3 is 2.30 bits per heavy atom. The van der Waals surface area contributed by atoms with Crippen LogP contribution in [-0.2, 0) is 9.53 Å². The minimum atomic E-state index is -0.350. The molecule has 0 aliphatic carbocycles. The highest BCUT2D eigenvalue weighted by atomic mass is 16.5. The number of carbonyl (C=O) groups excluding carboxylic acids is 1. The maximum atomic E-state index is 11.0. The van der Waals surface area contributed by atoms with Gasteiger partial charge < -0.3 is 4.74 Å². The first-order valence-electron chi connectivity index (χ1n) is 6.53. The van der Waals surface area contributed by atoms with E-state index in [1.54, 1.807) is 6.08 Å². The fraction of sp³-hybridized carbons (Fsp3) is 0.167. The van der Waals surface area contributed by atoms with Gasteiger partial charge in [-0.15, -0.1) is 0 Å². The van der Waals surface area contributed by atoms with Gasteiger partial charge in [0.15, 0.2) is 0 Å². The van der Waals surface area contributed by atoms with Gasteiger partial charge in [-0.25, -0.2) is 4.79 Å². The minimum absolute atomic E-state index is 0.350. The molecule has 1 aromatic carbocycles. The van der Waals surface area contributed by atoms with Gasteiger partial charge in [0, 0.05) is 6.08 Å². The fourth-order valence-electron chi connectivity index (χ4n) is 1.65. The first-order chi connectivity index (χ1) is 9.71. The average molecular weight is 268 g/mol. The summed E-state index contributed by atoms with van der Waals surface area (Å²) in [4.78, 5) is 11.0. The van der Waals surface area contributed by atoms with Gasteiger partial charge in [-0.05, 0) is 36.6 Å². The Kier molecular flexibility index (Phi) is 6.83. The molecule has 0 aromatic heterocycles. The van der Waals surface area contributed by atoms with Gasteiger partial charge in [0.1, 0.15) is 0 Å². The van der Waals surface area contributed by atoms with Gasteiger partial charge in [-0.3, -0.25) is 0 Å². The quantitative estimate of drug-likeness (QED) is 0.449. The van der Waals surface area contributed by atoms with Crippen LogP contribution in [0.2, 0.25) is 0 Å². The topological polar surface area (TPSA) is 26.3 Å². The van der Waals surface area contributed by atoms with Gasteiger partial charge in [0.25, 0.3) is 0 Å². The molecule has 0 fully saturated rings. The highest BCUT2D eigenvalue weighted by Crippen LogP contribution is 2.17. The Morgan fingerprint density at radius 1 is 1.05 bits per heavy atom. The summed E-state index contributed by atoms with van der Waals surface area (Å²) in [6.45, 7) is 4.00. The second-order valence-electron chi connectivity index (χ2n) is 4.11. The van der Waals surface area contributed by atoms with Crippen LogP contribution in [0, 0.1) is 0 Å². The summed E-state index contributed by atoms with van der Waals surface area (Å²) in [6, 6.07) is 8.02. The Labute approximate surface area is 120 Å².